The Bertz CT molecular complexity index is 1150. The number of non-ortho nitro benzene ring substituents is 1. The summed E-state index contributed by atoms with van der Waals surface area (Å²) in [6.07, 6.45) is 5.03. The van der Waals surface area contributed by atoms with Crippen molar-refractivity contribution >= 4 is 39.4 Å². The summed E-state index contributed by atoms with van der Waals surface area (Å²) in [4.78, 5) is 22.8. The third-order valence-corrected chi connectivity index (χ3v) is 7.54. The van der Waals surface area contributed by atoms with Crippen molar-refractivity contribution in [2.45, 2.75) is 43.0 Å². The van der Waals surface area contributed by atoms with Crippen LogP contribution in [0, 0.1) is 15.9 Å². The average Bonchev–Trinajstić information content (AvgIpc) is 2.79. The first-order chi connectivity index (χ1) is 15.7. The average molecular weight is 497 g/mol. The summed E-state index contributed by atoms with van der Waals surface area (Å²) in [6, 6.07) is 7.85. The fourth-order valence-corrected chi connectivity index (χ4v) is 5.42. The van der Waals surface area contributed by atoms with Crippen molar-refractivity contribution < 1.29 is 22.5 Å². The molecule has 0 spiro atoms. The molecule has 1 amide bonds. The normalized spacial score (nSPS) is 15.1. The van der Waals surface area contributed by atoms with Gasteiger partial charge in [0.25, 0.3) is 11.6 Å². The summed E-state index contributed by atoms with van der Waals surface area (Å²) in [7, 11) is -4.05. The quantitative estimate of drug-likeness (QED) is 0.338. The molecule has 1 fully saturated rings. The van der Waals surface area contributed by atoms with Gasteiger partial charge in [-0.25, -0.2) is 18.2 Å². The fourth-order valence-electron chi connectivity index (χ4n) is 3.62. The largest absolute Gasteiger partial charge is 0.272 e. The van der Waals surface area contributed by atoms with Gasteiger partial charge in [-0.15, -0.1) is 0 Å². The molecule has 0 aromatic heterocycles. The third-order valence-electron chi connectivity index (χ3n) is 5.28. The van der Waals surface area contributed by atoms with E-state index in [4.69, 9.17) is 11.6 Å². The zero-order chi connectivity index (χ0) is 24.0. The first-order valence-electron chi connectivity index (χ1n) is 10.2. The number of rotatable bonds is 8. The van der Waals surface area contributed by atoms with Crippen molar-refractivity contribution in [3.05, 3.63) is 69.0 Å². The molecule has 1 aliphatic rings. The second-order valence-electron chi connectivity index (χ2n) is 7.55. The number of nitro benzene ring substituents is 1. The lowest BCUT2D eigenvalue weighted by Gasteiger charge is -2.32. The number of carbonyl (C=O) groups excluding carboxylic acids is 1. The molecule has 0 aliphatic heterocycles. The number of amides is 1. The van der Waals surface area contributed by atoms with Gasteiger partial charge in [-0.05, 0) is 43.2 Å². The van der Waals surface area contributed by atoms with E-state index < -0.39 is 33.2 Å². The van der Waals surface area contributed by atoms with Gasteiger partial charge in [0.05, 0.1) is 22.6 Å². The maximum absolute atomic E-state index is 13.3. The topological polar surface area (TPSA) is 122 Å². The van der Waals surface area contributed by atoms with Crippen LogP contribution in [0.25, 0.3) is 0 Å². The summed E-state index contributed by atoms with van der Waals surface area (Å²) >= 11 is 6.00. The van der Waals surface area contributed by atoms with Crippen LogP contribution in [-0.2, 0) is 14.8 Å². The molecule has 2 aromatic rings. The minimum Gasteiger partial charge on any atom is -0.272 e. The maximum atomic E-state index is 13.3. The highest BCUT2D eigenvalue weighted by atomic mass is 35.5. The number of carbonyl (C=O) groups is 1. The molecule has 0 saturated heterocycles. The Hall–Kier alpha value is -2.89. The van der Waals surface area contributed by atoms with E-state index >= 15 is 0 Å². The zero-order valence-electron chi connectivity index (χ0n) is 17.5. The van der Waals surface area contributed by atoms with E-state index in [1.807, 2.05) is 0 Å². The lowest BCUT2D eigenvalue weighted by Crippen LogP contribution is -2.46. The molecule has 12 heteroatoms. The van der Waals surface area contributed by atoms with Crippen LogP contribution >= 0.6 is 11.6 Å². The van der Waals surface area contributed by atoms with E-state index in [-0.39, 0.29) is 27.2 Å². The predicted molar refractivity (Wildman–Crippen MR) is 121 cm³/mol. The Balaban J connectivity index is 1.76. The van der Waals surface area contributed by atoms with E-state index in [9.17, 15) is 27.7 Å². The first kappa shape index (κ1) is 24.7. The Labute approximate surface area is 195 Å². The van der Waals surface area contributed by atoms with E-state index in [0.29, 0.717) is 12.8 Å². The Morgan fingerprint density at radius 3 is 2.52 bits per heavy atom. The van der Waals surface area contributed by atoms with Gasteiger partial charge in [-0.2, -0.15) is 9.41 Å². The molecule has 0 radical (unpaired) electrons. The van der Waals surface area contributed by atoms with E-state index in [1.165, 1.54) is 30.3 Å². The van der Waals surface area contributed by atoms with Crippen molar-refractivity contribution in [1.29, 1.82) is 0 Å². The number of nitrogens with zero attached hydrogens (tertiary/aromatic N) is 3. The molecule has 0 unspecified atom stereocenters. The van der Waals surface area contributed by atoms with Crippen LogP contribution in [-0.4, -0.2) is 42.4 Å². The molecule has 2 aromatic carbocycles. The Morgan fingerprint density at radius 2 is 1.88 bits per heavy atom. The minimum atomic E-state index is -4.05. The molecule has 33 heavy (non-hydrogen) atoms. The number of sulfonamides is 1. The van der Waals surface area contributed by atoms with Gasteiger partial charge in [0.2, 0.25) is 10.0 Å². The summed E-state index contributed by atoms with van der Waals surface area (Å²) < 4.78 is 40.9. The van der Waals surface area contributed by atoms with Crippen molar-refractivity contribution in [2.75, 3.05) is 6.54 Å². The fraction of sp³-hybridized carbons (Fsp3) is 0.333. The Kier molecular flexibility index (Phi) is 8.11. The molecule has 176 valence electrons. The Morgan fingerprint density at radius 1 is 1.21 bits per heavy atom. The van der Waals surface area contributed by atoms with Crippen LogP contribution in [0.3, 0.4) is 0 Å². The molecule has 3 rings (SSSR count). The molecule has 1 aliphatic carbocycles. The van der Waals surface area contributed by atoms with Gasteiger partial charge in [0, 0.05) is 28.8 Å². The number of hydrogen-bond acceptors (Lipinski definition) is 6. The molecule has 0 atom stereocenters. The van der Waals surface area contributed by atoms with Gasteiger partial charge in [0.1, 0.15) is 5.82 Å². The maximum Gasteiger partial charge on any atom is 0.270 e. The summed E-state index contributed by atoms with van der Waals surface area (Å²) in [5.74, 6) is -1.26. The van der Waals surface area contributed by atoms with Crippen LogP contribution < -0.4 is 5.43 Å². The highest BCUT2D eigenvalue weighted by Gasteiger charge is 2.34. The monoisotopic (exact) mass is 496 g/mol. The van der Waals surface area contributed by atoms with Crippen molar-refractivity contribution in [1.82, 2.24) is 9.73 Å². The summed E-state index contributed by atoms with van der Waals surface area (Å²) in [6.45, 7) is -0.482. The molecular formula is C21H22ClFN4O5S. The van der Waals surface area contributed by atoms with Crippen molar-refractivity contribution in [2.24, 2.45) is 5.10 Å². The number of hydrogen-bond donors (Lipinski definition) is 1. The second-order valence-corrected chi connectivity index (χ2v) is 9.85. The molecule has 0 bridgehead atoms. The van der Waals surface area contributed by atoms with E-state index in [0.717, 1.165) is 41.9 Å². The van der Waals surface area contributed by atoms with Gasteiger partial charge < -0.3 is 0 Å². The highest BCUT2D eigenvalue weighted by Crippen LogP contribution is 2.28. The number of nitro groups is 1. The predicted octanol–water partition coefficient (Wildman–Crippen LogP) is 3.86. The molecule has 1 saturated carbocycles. The van der Waals surface area contributed by atoms with Gasteiger partial charge in [-0.3, -0.25) is 14.9 Å². The molecule has 9 nitrogen and oxygen atoms in total. The summed E-state index contributed by atoms with van der Waals surface area (Å²) in [5, 5.41) is 14.9. The highest BCUT2D eigenvalue weighted by molar-refractivity contribution is 7.89. The zero-order valence-corrected chi connectivity index (χ0v) is 19.1. The number of hydrazone groups is 1. The molecular weight excluding hydrogens is 475 g/mol. The minimum absolute atomic E-state index is 0.103. The van der Waals surface area contributed by atoms with Gasteiger partial charge >= 0.3 is 0 Å². The smallest absolute Gasteiger partial charge is 0.270 e. The number of nitrogens with one attached hydrogen (secondary N) is 1. The van der Waals surface area contributed by atoms with Crippen LogP contribution in [0.2, 0.25) is 5.02 Å². The van der Waals surface area contributed by atoms with Gasteiger partial charge in [-0.1, -0.05) is 30.9 Å². The van der Waals surface area contributed by atoms with Crippen LogP contribution in [0.1, 0.15) is 37.7 Å². The van der Waals surface area contributed by atoms with Crippen LogP contribution in [0.5, 0.6) is 0 Å². The lowest BCUT2D eigenvalue weighted by molar-refractivity contribution is -0.384. The standard InChI is InChI=1S/C21H22ClFN4O5S/c22-20-11-8-18(27(29)30)12-15(20)13-24-25-21(28)14-26(17-4-2-1-3-5-17)33(31,32)19-9-6-16(23)7-10-19/h6-13,17H,1-5,14H2,(H,25,28)/b24-13-. The lowest BCUT2D eigenvalue weighted by atomic mass is 9.95. The van der Waals surface area contributed by atoms with Crippen molar-refractivity contribution in [3.8, 4) is 0 Å². The summed E-state index contributed by atoms with van der Waals surface area (Å²) in [5.41, 5.74) is 2.27. The third kappa shape index (κ3) is 6.34. The van der Waals surface area contributed by atoms with Gasteiger partial charge in [0.15, 0.2) is 0 Å². The van der Waals surface area contributed by atoms with Crippen LogP contribution in [0.15, 0.2) is 52.5 Å². The van der Waals surface area contributed by atoms with Crippen LogP contribution in [0.4, 0.5) is 10.1 Å². The van der Waals surface area contributed by atoms with E-state index in [2.05, 4.69) is 10.5 Å². The van der Waals surface area contributed by atoms with E-state index in [1.54, 1.807) is 0 Å². The number of benzene rings is 2. The number of halogens is 2. The molecule has 1 N–H and O–H groups in total. The first-order valence-corrected chi connectivity index (χ1v) is 12.0. The van der Waals surface area contributed by atoms with Crippen molar-refractivity contribution in [3.63, 3.8) is 0 Å². The molecule has 0 heterocycles. The second kappa shape index (κ2) is 10.8. The SMILES string of the molecule is O=C(CN(C1CCCCC1)S(=O)(=O)c1ccc(F)cc1)N/N=C\c1cc([N+](=O)[O-])ccc1Cl.